The van der Waals surface area contributed by atoms with Gasteiger partial charge in [-0.3, -0.25) is 14.3 Å². The Kier molecular flexibility index (Phi) is 7.03. The van der Waals surface area contributed by atoms with Crippen LogP contribution in [0.1, 0.15) is 10.4 Å². The number of rotatable bonds is 8. The first kappa shape index (κ1) is 20.9. The molecule has 30 heavy (non-hydrogen) atoms. The largest absolute Gasteiger partial charge is 0.343 e. The molecule has 1 amide bonds. The molecule has 0 unspecified atom stereocenters. The fourth-order valence-corrected chi connectivity index (χ4v) is 5.11. The fraction of sp³-hybridized carbons (Fsp3) is 0.381. The number of nitrogens with one attached hydrogen (secondary N) is 1. The fourth-order valence-electron chi connectivity index (χ4n) is 3.49. The number of hydrogen-bond acceptors (Lipinski definition) is 6. The molecule has 1 aliphatic rings. The van der Waals surface area contributed by atoms with E-state index in [0.717, 1.165) is 44.7 Å². The van der Waals surface area contributed by atoms with Crippen LogP contribution in [0.5, 0.6) is 0 Å². The van der Waals surface area contributed by atoms with Gasteiger partial charge in [-0.1, -0.05) is 48.2 Å². The molecular formula is C21H25N5O2S2. The molecule has 1 aliphatic heterocycles. The van der Waals surface area contributed by atoms with Crippen molar-refractivity contribution in [3.63, 3.8) is 0 Å². The van der Waals surface area contributed by atoms with Gasteiger partial charge in [0.05, 0.1) is 5.75 Å². The standard InChI is InChI=1S/C21H25N5O2S2/c27-19(25-12-10-24(11-13-25)15-18-7-4-14-29-18)16-30-21-23-22-20(28)26(21)9-8-17-5-2-1-3-6-17/h1-7,14H,8-13,15-16H2,(H,22,28). The molecule has 2 aromatic heterocycles. The minimum absolute atomic E-state index is 0.0980. The van der Waals surface area contributed by atoms with E-state index < -0.39 is 0 Å². The maximum Gasteiger partial charge on any atom is 0.343 e. The average Bonchev–Trinajstić information content (AvgIpc) is 3.41. The molecule has 1 fully saturated rings. The minimum Gasteiger partial charge on any atom is -0.339 e. The van der Waals surface area contributed by atoms with Crippen LogP contribution in [0.2, 0.25) is 0 Å². The van der Waals surface area contributed by atoms with Crippen molar-refractivity contribution >= 4 is 29.0 Å². The number of nitrogens with zero attached hydrogens (tertiary/aromatic N) is 4. The molecule has 0 radical (unpaired) electrons. The van der Waals surface area contributed by atoms with Gasteiger partial charge in [0, 0.05) is 44.1 Å². The molecule has 4 rings (SSSR count). The smallest absolute Gasteiger partial charge is 0.339 e. The van der Waals surface area contributed by atoms with Crippen molar-refractivity contribution in [1.29, 1.82) is 0 Å². The normalized spacial score (nSPS) is 14.9. The zero-order chi connectivity index (χ0) is 20.8. The van der Waals surface area contributed by atoms with Crippen LogP contribution in [-0.2, 0) is 24.3 Å². The highest BCUT2D eigenvalue weighted by molar-refractivity contribution is 7.99. The first-order valence-corrected chi connectivity index (χ1v) is 11.9. The second-order valence-electron chi connectivity index (χ2n) is 7.22. The third-order valence-corrected chi connectivity index (χ3v) is 7.02. The highest BCUT2D eigenvalue weighted by Gasteiger charge is 2.22. The average molecular weight is 444 g/mol. The van der Waals surface area contributed by atoms with Crippen molar-refractivity contribution in [2.75, 3.05) is 31.9 Å². The second-order valence-corrected chi connectivity index (χ2v) is 9.20. The van der Waals surface area contributed by atoms with E-state index in [0.29, 0.717) is 17.5 Å². The molecule has 1 N–H and O–H groups in total. The maximum absolute atomic E-state index is 12.7. The van der Waals surface area contributed by atoms with Crippen LogP contribution >= 0.6 is 23.1 Å². The van der Waals surface area contributed by atoms with Crippen molar-refractivity contribution in [3.05, 3.63) is 68.8 Å². The number of aryl methyl sites for hydroxylation is 1. The number of aromatic amines is 1. The van der Waals surface area contributed by atoms with E-state index in [9.17, 15) is 9.59 Å². The number of aromatic nitrogens is 3. The Morgan fingerprint density at radius 2 is 1.90 bits per heavy atom. The number of piperazine rings is 1. The summed E-state index contributed by atoms with van der Waals surface area (Å²) in [4.78, 5) is 30.4. The predicted molar refractivity (Wildman–Crippen MR) is 120 cm³/mol. The molecule has 0 aliphatic carbocycles. The summed E-state index contributed by atoms with van der Waals surface area (Å²) in [7, 11) is 0. The van der Waals surface area contributed by atoms with Crippen LogP contribution in [0.4, 0.5) is 0 Å². The Labute approximate surface area is 183 Å². The van der Waals surface area contributed by atoms with Gasteiger partial charge in [-0.25, -0.2) is 9.89 Å². The van der Waals surface area contributed by atoms with Gasteiger partial charge in [-0.15, -0.1) is 16.4 Å². The molecule has 3 aromatic rings. The van der Waals surface area contributed by atoms with Crippen molar-refractivity contribution in [2.45, 2.75) is 24.7 Å². The molecule has 0 bridgehead atoms. The lowest BCUT2D eigenvalue weighted by molar-refractivity contribution is -0.130. The SMILES string of the molecule is O=C(CSc1n[nH]c(=O)n1CCc1ccccc1)N1CCN(Cc2cccs2)CC1. The summed E-state index contributed by atoms with van der Waals surface area (Å²) in [6.07, 6.45) is 0.744. The predicted octanol–water partition coefficient (Wildman–Crippen LogP) is 2.31. The summed E-state index contributed by atoms with van der Waals surface area (Å²) >= 11 is 3.10. The maximum atomic E-state index is 12.7. The number of carbonyl (C=O) groups excluding carboxylic acids is 1. The molecule has 3 heterocycles. The van der Waals surface area contributed by atoms with Gasteiger partial charge in [0.1, 0.15) is 0 Å². The van der Waals surface area contributed by atoms with Crippen LogP contribution < -0.4 is 5.69 Å². The summed E-state index contributed by atoms with van der Waals surface area (Å²) in [5, 5.41) is 9.29. The summed E-state index contributed by atoms with van der Waals surface area (Å²) in [6, 6.07) is 14.3. The zero-order valence-electron chi connectivity index (χ0n) is 16.7. The Morgan fingerprint density at radius 3 is 2.63 bits per heavy atom. The third-order valence-electron chi connectivity index (χ3n) is 5.20. The number of benzene rings is 1. The minimum atomic E-state index is -0.233. The van der Waals surface area contributed by atoms with Crippen molar-refractivity contribution in [2.24, 2.45) is 0 Å². The van der Waals surface area contributed by atoms with E-state index in [4.69, 9.17) is 0 Å². The monoisotopic (exact) mass is 443 g/mol. The van der Waals surface area contributed by atoms with E-state index in [1.807, 2.05) is 35.2 Å². The van der Waals surface area contributed by atoms with Gasteiger partial charge < -0.3 is 4.90 Å². The number of thioether (sulfide) groups is 1. The number of carbonyl (C=O) groups is 1. The molecule has 7 nitrogen and oxygen atoms in total. The molecule has 1 saturated heterocycles. The van der Waals surface area contributed by atoms with Crippen LogP contribution in [-0.4, -0.2) is 62.4 Å². The van der Waals surface area contributed by atoms with E-state index in [2.05, 4.69) is 32.6 Å². The third kappa shape index (κ3) is 5.41. The van der Waals surface area contributed by atoms with E-state index in [-0.39, 0.29) is 11.6 Å². The Bertz CT molecular complexity index is 992. The lowest BCUT2D eigenvalue weighted by atomic mass is 10.1. The number of amides is 1. The molecule has 0 atom stereocenters. The zero-order valence-corrected chi connectivity index (χ0v) is 18.3. The topological polar surface area (TPSA) is 74.2 Å². The Hall–Kier alpha value is -2.36. The van der Waals surface area contributed by atoms with Crippen molar-refractivity contribution in [1.82, 2.24) is 24.6 Å². The lowest BCUT2D eigenvalue weighted by Crippen LogP contribution is -2.48. The van der Waals surface area contributed by atoms with E-state index >= 15 is 0 Å². The van der Waals surface area contributed by atoms with Crippen molar-refractivity contribution < 1.29 is 4.79 Å². The first-order chi connectivity index (χ1) is 14.7. The van der Waals surface area contributed by atoms with E-state index in [1.54, 1.807) is 15.9 Å². The molecule has 158 valence electrons. The van der Waals surface area contributed by atoms with Gasteiger partial charge in [0.2, 0.25) is 5.91 Å². The number of hydrogen-bond donors (Lipinski definition) is 1. The summed E-state index contributed by atoms with van der Waals surface area (Å²) < 4.78 is 1.61. The molecule has 0 spiro atoms. The first-order valence-electron chi connectivity index (χ1n) is 10.0. The molecule has 0 saturated carbocycles. The Morgan fingerprint density at radius 1 is 1.10 bits per heavy atom. The van der Waals surface area contributed by atoms with Gasteiger partial charge in [-0.05, 0) is 23.4 Å². The highest BCUT2D eigenvalue weighted by Crippen LogP contribution is 2.17. The van der Waals surface area contributed by atoms with Crippen LogP contribution in [0, 0.1) is 0 Å². The van der Waals surface area contributed by atoms with Crippen LogP contribution in [0.25, 0.3) is 0 Å². The van der Waals surface area contributed by atoms with Crippen LogP contribution in [0.15, 0.2) is 57.8 Å². The van der Waals surface area contributed by atoms with Gasteiger partial charge in [-0.2, -0.15) is 0 Å². The quantitative estimate of drug-likeness (QED) is 0.541. The Balaban J connectivity index is 1.26. The molecule has 9 heteroatoms. The lowest BCUT2D eigenvalue weighted by Gasteiger charge is -2.34. The second kappa shape index (κ2) is 10.1. The molecule has 1 aromatic carbocycles. The van der Waals surface area contributed by atoms with Crippen molar-refractivity contribution in [3.8, 4) is 0 Å². The van der Waals surface area contributed by atoms with Gasteiger partial charge in [0.15, 0.2) is 5.16 Å². The summed E-state index contributed by atoms with van der Waals surface area (Å²) in [5.41, 5.74) is 0.932. The van der Waals surface area contributed by atoms with Crippen LogP contribution in [0.3, 0.4) is 0 Å². The molecular weight excluding hydrogens is 418 g/mol. The number of H-pyrrole nitrogens is 1. The summed E-state index contributed by atoms with van der Waals surface area (Å²) in [5.74, 6) is 0.390. The van der Waals surface area contributed by atoms with E-state index in [1.165, 1.54) is 16.6 Å². The van der Waals surface area contributed by atoms with Gasteiger partial charge in [0.25, 0.3) is 0 Å². The highest BCUT2D eigenvalue weighted by atomic mass is 32.2. The number of thiophene rings is 1. The summed E-state index contributed by atoms with van der Waals surface area (Å²) in [6.45, 7) is 4.75. The van der Waals surface area contributed by atoms with Gasteiger partial charge >= 0.3 is 5.69 Å².